The first-order chi connectivity index (χ1) is 13.6. The molecule has 4 rings (SSSR count). The predicted octanol–water partition coefficient (Wildman–Crippen LogP) is 3.40. The van der Waals surface area contributed by atoms with Crippen LogP contribution in [0, 0.1) is 6.92 Å². The summed E-state index contributed by atoms with van der Waals surface area (Å²) >= 11 is 0. The molecule has 0 atom stereocenters. The monoisotopic (exact) mass is 370 g/mol. The molecule has 0 bridgehead atoms. The number of pyridine rings is 1. The molecule has 0 aliphatic carbocycles. The van der Waals surface area contributed by atoms with Crippen molar-refractivity contribution in [2.24, 2.45) is 0 Å². The lowest BCUT2D eigenvalue weighted by Gasteiger charge is -2.09. The quantitative estimate of drug-likeness (QED) is 0.597. The Hall–Kier alpha value is -3.80. The van der Waals surface area contributed by atoms with E-state index in [1.807, 2.05) is 55.5 Å². The third-order valence-corrected chi connectivity index (χ3v) is 4.43. The zero-order valence-electron chi connectivity index (χ0n) is 15.3. The molecule has 1 amide bonds. The van der Waals surface area contributed by atoms with Crippen LogP contribution in [0.2, 0.25) is 0 Å². The molecule has 138 valence electrons. The van der Waals surface area contributed by atoms with Crippen molar-refractivity contribution in [3.05, 3.63) is 100 Å². The minimum atomic E-state index is -0.393. The number of aromatic nitrogens is 3. The van der Waals surface area contributed by atoms with Crippen molar-refractivity contribution in [2.75, 3.05) is 5.32 Å². The van der Waals surface area contributed by atoms with Crippen LogP contribution in [-0.4, -0.2) is 20.7 Å². The lowest BCUT2D eigenvalue weighted by molar-refractivity contribution is 0.102. The first kappa shape index (κ1) is 17.6. The highest BCUT2D eigenvalue weighted by Gasteiger charge is 2.12. The van der Waals surface area contributed by atoms with Gasteiger partial charge in [0.2, 0.25) is 0 Å². The van der Waals surface area contributed by atoms with Crippen molar-refractivity contribution in [1.29, 1.82) is 0 Å². The Morgan fingerprint density at radius 2 is 1.79 bits per heavy atom. The fourth-order valence-corrected chi connectivity index (χ4v) is 2.94. The number of amides is 1. The minimum Gasteiger partial charge on any atom is -0.319 e. The highest BCUT2D eigenvalue weighted by Crippen LogP contribution is 2.21. The molecule has 0 aliphatic rings. The molecule has 0 fully saturated rings. The van der Waals surface area contributed by atoms with Crippen molar-refractivity contribution in [2.45, 2.75) is 13.5 Å². The number of nitrogens with zero attached hydrogens (tertiary/aromatic N) is 3. The standard InChI is InChI=1S/C22H18N4O2/c1-15-7-9-16(10-8-15)14-26-20(27)12-11-19(25-26)22(28)24-18-6-2-4-17-5-3-13-23-21(17)18/h2-13H,14H2,1H3,(H,24,28). The molecule has 2 aromatic carbocycles. The topological polar surface area (TPSA) is 76.9 Å². The van der Waals surface area contributed by atoms with Crippen LogP contribution in [0.5, 0.6) is 0 Å². The first-order valence-electron chi connectivity index (χ1n) is 8.89. The average Bonchev–Trinajstić information content (AvgIpc) is 2.71. The van der Waals surface area contributed by atoms with Crippen molar-refractivity contribution in [3.63, 3.8) is 0 Å². The zero-order chi connectivity index (χ0) is 19.5. The Morgan fingerprint density at radius 1 is 1.00 bits per heavy atom. The molecule has 6 heteroatoms. The molecule has 2 heterocycles. The van der Waals surface area contributed by atoms with Gasteiger partial charge in [0, 0.05) is 17.6 Å². The third-order valence-electron chi connectivity index (χ3n) is 4.43. The van der Waals surface area contributed by atoms with Crippen LogP contribution in [-0.2, 0) is 6.54 Å². The maximum atomic E-state index is 12.7. The average molecular weight is 370 g/mol. The molecule has 0 aliphatic heterocycles. The van der Waals surface area contributed by atoms with Gasteiger partial charge in [0.05, 0.1) is 17.7 Å². The van der Waals surface area contributed by atoms with E-state index in [9.17, 15) is 9.59 Å². The summed E-state index contributed by atoms with van der Waals surface area (Å²) < 4.78 is 1.29. The van der Waals surface area contributed by atoms with E-state index in [1.54, 1.807) is 12.3 Å². The molecule has 1 N–H and O–H groups in total. The number of aryl methyl sites for hydroxylation is 1. The normalized spacial score (nSPS) is 10.8. The second-order valence-electron chi connectivity index (χ2n) is 6.53. The summed E-state index contributed by atoms with van der Waals surface area (Å²) in [5, 5.41) is 8.01. The highest BCUT2D eigenvalue weighted by molar-refractivity contribution is 6.07. The fraction of sp³-hybridized carbons (Fsp3) is 0.0909. The maximum Gasteiger partial charge on any atom is 0.276 e. The summed E-state index contributed by atoms with van der Waals surface area (Å²) in [6, 6.07) is 20.0. The highest BCUT2D eigenvalue weighted by atomic mass is 16.2. The van der Waals surface area contributed by atoms with Gasteiger partial charge in [-0.2, -0.15) is 5.10 Å². The summed E-state index contributed by atoms with van der Waals surface area (Å²) in [6.07, 6.45) is 1.68. The molecule has 0 radical (unpaired) electrons. The van der Waals surface area contributed by atoms with Gasteiger partial charge in [-0.25, -0.2) is 4.68 Å². The van der Waals surface area contributed by atoms with Crippen LogP contribution in [0.4, 0.5) is 5.69 Å². The van der Waals surface area contributed by atoms with Gasteiger partial charge in [0.15, 0.2) is 0 Å². The van der Waals surface area contributed by atoms with Crippen LogP contribution < -0.4 is 10.9 Å². The maximum absolute atomic E-state index is 12.7. The van der Waals surface area contributed by atoms with Crippen molar-refractivity contribution < 1.29 is 4.79 Å². The summed E-state index contributed by atoms with van der Waals surface area (Å²) in [6.45, 7) is 2.30. The Morgan fingerprint density at radius 3 is 2.61 bits per heavy atom. The number of anilines is 1. The smallest absolute Gasteiger partial charge is 0.276 e. The summed E-state index contributed by atoms with van der Waals surface area (Å²) in [4.78, 5) is 29.2. The van der Waals surface area contributed by atoms with Gasteiger partial charge in [-0.15, -0.1) is 0 Å². The number of carbonyl (C=O) groups is 1. The van der Waals surface area contributed by atoms with Crippen LogP contribution in [0.15, 0.2) is 77.7 Å². The lowest BCUT2D eigenvalue weighted by atomic mass is 10.1. The number of para-hydroxylation sites is 1. The van der Waals surface area contributed by atoms with E-state index in [1.165, 1.54) is 16.8 Å². The Bertz CT molecular complexity index is 1210. The molecule has 0 unspecified atom stereocenters. The van der Waals surface area contributed by atoms with E-state index in [-0.39, 0.29) is 11.3 Å². The Labute approximate surface area is 161 Å². The molecule has 4 aromatic rings. The SMILES string of the molecule is Cc1ccc(Cn2nc(C(=O)Nc3cccc4cccnc34)ccc2=O)cc1. The summed E-state index contributed by atoms with van der Waals surface area (Å²) in [7, 11) is 0. The Kier molecular flexibility index (Phi) is 4.68. The van der Waals surface area contributed by atoms with Crippen LogP contribution >= 0.6 is 0 Å². The molecular formula is C22H18N4O2. The number of hydrogen-bond donors (Lipinski definition) is 1. The van der Waals surface area contributed by atoms with E-state index in [0.717, 1.165) is 16.5 Å². The summed E-state index contributed by atoms with van der Waals surface area (Å²) in [5.41, 5.74) is 3.29. The number of nitrogens with one attached hydrogen (secondary N) is 1. The third kappa shape index (κ3) is 3.66. The van der Waals surface area contributed by atoms with Gasteiger partial charge in [-0.3, -0.25) is 14.6 Å². The van der Waals surface area contributed by atoms with E-state index in [4.69, 9.17) is 0 Å². The van der Waals surface area contributed by atoms with Gasteiger partial charge in [-0.1, -0.05) is 48.0 Å². The second-order valence-corrected chi connectivity index (χ2v) is 6.53. The molecule has 2 aromatic heterocycles. The fourth-order valence-electron chi connectivity index (χ4n) is 2.94. The molecule has 0 spiro atoms. The van der Waals surface area contributed by atoms with Crippen molar-refractivity contribution >= 4 is 22.5 Å². The van der Waals surface area contributed by atoms with Gasteiger partial charge < -0.3 is 5.32 Å². The molecule has 28 heavy (non-hydrogen) atoms. The first-order valence-corrected chi connectivity index (χ1v) is 8.89. The zero-order valence-corrected chi connectivity index (χ0v) is 15.3. The van der Waals surface area contributed by atoms with Crippen LogP contribution in [0.25, 0.3) is 10.9 Å². The van der Waals surface area contributed by atoms with Gasteiger partial charge in [-0.05, 0) is 30.7 Å². The number of benzene rings is 2. The minimum absolute atomic E-state index is 0.166. The van der Waals surface area contributed by atoms with E-state index in [0.29, 0.717) is 17.7 Å². The molecule has 6 nitrogen and oxygen atoms in total. The lowest BCUT2D eigenvalue weighted by Crippen LogP contribution is -2.26. The van der Waals surface area contributed by atoms with Gasteiger partial charge >= 0.3 is 0 Å². The van der Waals surface area contributed by atoms with E-state index in [2.05, 4.69) is 15.4 Å². The largest absolute Gasteiger partial charge is 0.319 e. The summed E-state index contributed by atoms with van der Waals surface area (Å²) in [5.74, 6) is -0.393. The second kappa shape index (κ2) is 7.44. The van der Waals surface area contributed by atoms with E-state index < -0.39 is 5.91 Å². The van der Waals surface area contributed by atoms with Gasteiger partial charge in [0.25, 0.3) is 11.5 Å². The molecular weight excluding hydrogens is 352 g/mol. The van der Waals surface area contributed by atoms with Crippen LogP contribution in [0.1, 0.15) is 21.6 Å². The van der Waals surface area contributed by atoms with E-state index >= 15 is 0 Å². The van der Waals surface area contributed by atoms with Crippen molar-refractivity contribution in [3.8, 4) is 0 Å². The Balaban J connectivity index is 1.61. The molecule has 0 saturated heterocycles. The number of fused-ring (bicyclic) bond motifs is 1. The van der Waals surface area contributed by atoms with Gasteiger partial charge in [0.1, 0.15) is 5.69 Å². The number of carbonyl (C=O) groups excluding carboxylic acids is 1. The number of hydrogen-bond acceptors (Lipinski definition) is 4. The van der Waals surface area contributed by atoms with Crippen molar-refractivity contribution in [1.82, 2.24) is 14.8 Å². The van der Waals surface area contributed by atoms with Crippen LogP contribution in [0.3, 0.4) is 0 Å². The predicted molar refractivity (Wildman–Crippen MR) is 108 cm³/mol. The molecule has 0 saturated carbocycles. The number of rotatable bonds is 4.